The number of hydrogen-bond acceptors (Lipinski definition) is 3. The van der Waals surface area contributed by atoms with Crippen molar-refractivity contribution in [2.75, 3.05) is 0 Å². The van der Waals surface area contributed by atoms with E-state index in [0.717, 1.165) is 28.8 Å². The number of nitrogens with zero attached hydrogens (tertiary/aromatic N) is 2. The maximum absolute atomic E-state index is 12.9. The molecule has 0 amide bonds. The highest BCUT2D eigenvalue weighted by Crippen LogP contribution is 2.61. The fraction of sp³-hybridized carbons (Fsp3) is 0.550. The lowest BCUT2D eigenvalue weighted by atomic mass is 9.48. The highest BCUT2D eigenvalue weighted by atomic mass is 16.1. The lowest BCUT2D eigenvalue weighted by Crippen LogP contribution is -2.46. The van der Waals surface area contributed by atoms with Crippen molar-refractivity contribution < 1.29 is 4.79 Å². The lowest BCUT2D eigenvalue weighted by Gasteiger charge is -2.56. The van der Waals surface area contributed by atoms with Gasteiger partial charge in [-0.15, -0.1) is 0 Å². The van der Waals surface area contributed by atoms with Gasteiger partial charge in [0.05, 0.1) is 17.2 Å². The molecular formula is C20H22N2O. The van der Waals surface area contributed by atoms with E-state index in [1.807, 2.05) is 24.3 Å². The zero-order valence-electron chi connectivity index (χ0n) is 13.4. The first-order valence-electron chi connectivity index (χ1n) is 8.94. The van der Waals surface area contributed by atoms with Crippen LogP contribution in [0.3, 0.4) is 0 Å². The molecule has 2 aromatic rings. The van der Waals surface area contributed by atoms with Crippen molar-refractivity contribution in [2.45, 2.75) is 44.9 Å². The molecule has 1 aromatic heterocycles. The molecule has 4 saturated carbocycles. The van der Waals surface area contributed by atoms with Gasteiger partial charge in [0.15, 0.2) is 5.78 Å². The van der Waals surface area contributed by atoms with E-state index < -0.39 is 0 Å². The first-order valence-corrected chi connectivity index (χ1v) is 8.94. The topological polar surface area (TPSA) is 42.9 Å². The van der Waals surface area contributed by atoms with Crippen LogP contribution in [0.2, 0.25) is 0 Å². The van der Waals surface area contributed by atoms with Crippen molar-refractivity contribution in [3.05, 3.63) is 36.2 Å². The quantitative estimate of drug-likeness (QED) is 0.788. The molecule has 4 aliphatic carbocycles. The molecule has 1 heterocycles. The fourth-order valence-corrected chi connectivity index (χ4v) is 6.03. The molecule has 0 N–H and O–H groups in total. The van der Waals surface area contributed by atoms with E-state index in [1.54, 1.807) is 6.20 Å². The number of benzene rings is 1. The van der Waals surface area contributed by atoms with Crippen LogP contribution in [-0.4, -0.2) is 15.8 Å². The highest BCUT2D eigenvalue weighted by molar-refractivity contribution is 5.96. The number of Topliss-reactive ketones (excluding diaryl/α,β-unsaturated/α-hetero) is 1. The molecule has 118 valence electrons. The predicted molar refractivity (Wildman–Crippen MR) is 89.1 cm³/mol. The molecule has 0 atom stereocenters. The summed E-state index contributed by atoms with van der Waals surface area (Å²) in [6, 6.07) is 7.78. The average Bonchev–Trinajstić information content (AvgIpc) is 2.52. The van der Waals surface area contributed by atoms with Gasteiger partial charge < -0.3 is 0 Å². The van der Waals surface area contributed by atoms with Crippen LogP contribution in [-0.2, 0) is 0 Å². The Balaban J connectivity index is 1.42. The second kappa shape index (κ2) is 4.86. The largest absolute Gasteiger partial charge is 0.292 e. The Morgan fingerprint density at radius 1 is 1.00 bits per heavy atom. The first-order chi connectivity index (χ1) is 11.2. The first kappa shape index (κ1) is 13.6. The maximum Gasteiger partial charge on any atom is 0.183 e. The van der Waals surface area contributed by atoms with Gasteiger partial charge in [0.2, 0.25) is 0 Å². The van der Waals surface area contributed by atoms with Crippen molar-refractivity contribution in [3.8, 4) is 0 Å². The van der Waals surface area contributed by atoms with Gasteiger partial charge >= 0.3 is 0 Å². The SMILES string of the molecule is O=C(CC12CC3CC(CC(C3)C1)C2)c1cnc2ccccc2n1. The van der Waals surface area contributed by atoms with E-state index in [4.69, 9.17) is 0 Å². The molecule has 0 unspecified atom stereocenters. The van der Waals surface area contributed by atoms with Crippen LogP contribution in [0.25, 0.3) is 11.0 Å². The number of para-hydroxylation sites is 2. The molecule has 4 aliphatic rings. The Morgan fingerprint density at radius 2 is 1.61 bits per heavy atom. The molecular weight excluding hydrogens is 284 g/mol. The molecule has 3 heteroatoms. The number of carbonyl (C=O) groups excluding carboxylic acids is 1. The summed E-state index contributed by atoms with van der Waals surface area (Å²) in [5, 5.41) is 0. The summed E-state index contributed by atoms with van der Waals surface area (Å²) < 4.78 is 0. The minimum Gasteiger partial charge on any atom is -0.292 e. The van der Waals surface area contributed by atoms with Crippen molar-refractivity contribution in [2.24, 2.45) is 23.2 Å². The third-order valence-corrected chi connectivity index (χ3v) is 6.43. The van der Waals surface area contributed by atoms with Crippen LogP contribution in [0.4, 0.5) is 0 Å². The number of ketones is 1. The number of aromatic nitrogens is 2. The van der Waals surface area contributed by atoms with E-state index in [1.165, 1.54) is 38.5 Å². The van der Waals surface area contributed by atoms with Crippen LogP contribution in [0, 0.1) is 23.2 Å². The van der Waals surface area contributed by atoms with E-state index in [0.29, 0.717) is 12.1 Å². The van der Waals surface area contributed by atoms with Gasteiger partial charge in [-0.25, -0.2) is 4.98 Å². The average molecular weight is 306 g/mol. The van der Waals surface area contributed by atoms with Crippen LogP contribution < -0.4 is 0 Å². The summed E-state index contributed by atoms with van der Waals surface area (Å²) in [4.78, 5) is 21.8. The smallest absolute Gasteiger partial charge is 0.183 e. The lowest BCUT2D eigenvalue weighted by molar-refractivity contribution is -0.0524. The Kier molecular flexibility index (Phi) is 2.88. The van der Waals surface area contributed by atoms with Gasteiger partial charge in [0.25, 0.3) is 0 Å². The van der Waals surface area contributed by atoms with Gasteiger partial charge in [-0.1, -0.05) is 12.1 Å². The Bertz CT molecular complexity index is 747. The molecule has 0 radical (unpaired) electrons. The molecule has 3 nitrogen and oxygen atoms in total. The van der Waals surface area contributed by atoms with Gasteiger partial charge in [-0.3, -0.25) is 9.78 Å². The summed E-state index contributed by atoms with van der Waals surface area (Å²) in [6.45, 7) is 0. The molecule has 6 rings (SSSR count). The number of rotatable bonds is 3. The molecule has 0 saturated heterocycles. The van der Waals surface area contributed by atoms with Gasteiger partial charge in [0.1, 0.15) is 5.69 Å². The zero-order valence-corrected chi connectivity index (χ0v) is 13.4. The molecule has 23 heavy (non-hydrogen) atoms. The Labute approximate surface area is 136 Å². The predicted octanol–water partition coefficient (Wildman–Crippen LogP) is 4.42. The minimum atomic E-state index is 0.199. The van der Waals surface area contributed by atoms with Crippen molar-refractivity contribution in [3.63, 3.8) is 0 Å². The summed E-state index contributed by atoms with van der Waals surface area (Å²) in [6.07, 6.45) is 10.4. The van der Waals surface area contributed by atoms with Gasteiger partial charge in [-0.2, -0.15) is 0 Å². The number of hydrogen-bond donors (Lipinski definition) is 0. The second-order valence-electron chi connectivity index (χ2n) is 8.26. The summed E-state index contributed by atoms with van der Waals surface area (Å²) in [5.74, 6) is 2.86. The molecule has 4 bridgehead atoms. The normalized spacial score (nSPS) is 34.9. The zero-order chi connectivity index (χ0) is 15.4. The Hall–Kier alpha value is -1.77. The van der Waals surface area contributed by atoms with E-state index in [-0.39, 0.29) is 11.2 Å². The van der Waals surface area contributed by atoms with Crippen LogP contribution >= 0.6 is 0 Å². The van der Waals surface area contributed by atoms with Crippen LogP contribution in [0.15, 0.2) is 30.5 Å². The van der Waals surface area contributed by atoms with E-state index >= 15 is 0 Å². The summed E-state index contributed by atoms with van der Waals surface area (Å²) in [7, 11) is 0. The second-order valence-corrected chi connectivity index (χ2v) is 8.26. The van der Waals surface area contributed by atoms with Crippen molar-refractivity contribution in [1.29, 1.82) is 0 Å². The standard InChI is InChI=1S/C20H22N2O/c23-19(18-12-21-16-3-1-2-4-17(16)22-18)11-20-8-13-5-14(9-20)7-15(6-13)10-20/h1-4,12-15H,5-11H2. The van der Waals surface area contributed by atoms with Crippen molar-refractivity contribution in [1.82, 2.24) is 9.97 Å². The molecule has 4 fully saturated rings. The highest BCUT2D eigenvalue weighted by Gasteiger charge is 2.51. The van der Waals surface area contributed by atoms with E-state index in [2.05, 4.69) is 9.97 Å². The monoisotopic (exact) mass is 306 g/mol. The third kappa shape index (κ3) is 2.29. The van der Waals surface area contributed by atoms with Gasteiger partial charge in [-0.05, 0) is 73.8 Å². The molecule has 0 aliphatic heterocycles. The minimum absolute atomic E-state index is 0.199. The molecule has 1 aromatic carbocycles. The number of carbonyl (C=O) groups is 1. The van der Waals surface area contributed by atoms with Crippen LogP contribution in [0.5, 0.6) is 0 Å². The van der Waals surface area contributed by atoms with Crippen LogP contribution in [0.1, 0.15) is 55.4 Å². The van der Waals surface area contributed by atoms with Crippen molar-refractivity contribution >= 4 is 16.8 Å². The number of fused-ring (bicyclic) bond motifs is 1. The summed E-state index contributed by atoms with van der Waals surface area (Å²) >= 11 is 0. The third-order valence-electron chi connectivity index (χ3n) is 6.43. The van der Waals surface area contributed by atoms with E-state index in [9.17, 15) is 4.79 Å². The Morgan fingerprint density at radius 3 is 2.26 bits per heavy atom. The maximum atomic E-state index is 12.9. The fourth-order valence-electron chi connectivity index (χ4n) is 6.03. The molecule has 0 spiro atoms. The van der Waals surface area contributed by atoms with Gasteiger partial charge in [0, 0.05) is 6.42 Å². The summed E-state index contributed by atoms with van der Waals surface area (Å²) in [5.41, 5.74) is 2.52.